The number of rotatable bonds is 1. The lowest BCUT2D eigenvalue weighted by Gasteiger charge is -1.92. The van der Waals surface area contributed by atoms with Crippen LogP contribution in [0.25, 0.3) is 31.1 Å². The molecule has 0 unspecified atom stereocenters. The number of fused-ring (bicyclic) bond motifs is 4. The first-order chi connectivity index (χ1) is 8.85. The molecule has 3 heteroatoms. The van der Waals surface area contributed by atoms with Crippen LogP contribution in [0.3, 0.4) is 0 Å². The molecular formula is C15H9NOS. The lowest BCUT2D eigenvalue weighted by atomic mass is 10.1. The van der Waals surface area contributed by atoms with Gasteiger partial charge in [0, 0.05) is 31.1 Å². The van der Waals surface area contributed by atoms with E-state index in [1.54, 1.807) is 11.3 Å². The number of aldehydes is 1. The molecule has 0 fully saturated rings. The van der Waals surface area contributed by atoms with Crippen molar-refractivity contribution in [2.24, 2.45) is 0 Å². The molecule has 0 atom stereocenters. The zero-order valence-corrected chi connectivity index (χ0v) is 10.3. The topological polar surface area (TPSA) is 32.9 Å². The Bertz CT molecular complexity index is 901. The largest absolute Gasteiger partial charge is 0.352 e. The van der Waals surface area contributed by atoms with E-state index in [4.69, 9.17) is 0 Å². The molecule has 0 saturated carbocycles. The van der Waals surface area contributed by atoms with Crippen molar-refractivity contribution in [2.75, 3.05) is 0 Å². The number of hydrogen-bond acceptors (Lipinski definition) is 2. The van der Waals surface area contributed by atoms with E-state index in [0.717, 1.165) is 17.2 Å². The van der Waals surface area contributed by atoms with Gasteiger partial charge in [-0.1, -0.05) is 18.2 Å². The maximum atomic E-state index is 10.8. The van der Waals surface area contributed by atoms with E-state index in [0.29, 0.717) is 5.69 Å². The third-order valence-electron chi connectivity index (χ3n) is 3.27. The highest BCUT2D eigenvalue weighted by Gasteiger charge is 2.07. The van der Waals surface area contributed by atoms with Crippen molar-refractivity contribution in [3.63, 3.8) is 0 Å². The predicted molar refractivity (Wildman–Crippen MR) is 76.6 cm³/mol. The Morgan fingerprint density at radius 3 is 2.78 bits per heavy atom. The molecule has 2 heterocycles. The summed E-state index contributed by atoms with van der Waals surface area (Å²) < 4.78 is 2.57. The summed E-state index contributed by atoms with van der Waals surface area (Å²) in [6, 6.07) is 14.6. The van der Waals surface area contributed by atoms with Gasteiger partial charge < -0.3 is 4.98 Å². The third kappa shape index (κ3) is 1.25. The van der Waals surface area contributed by atoms with E-state index in [1.165, 1.54) is 20.2 Å². The number of thiophene rings is 1. The first kappa shape index (κ1) is 9.85. The van der Waals surface area contributed by atoms with Crippen molar-refractivity contribution >= 4 is 48.7 Å². The van der Waals surface area contributed by atoms with Gasteiger partial charge in [-0.2, -0.15) is 0 Å². The standard InChI is InChI=1S/C15H9NOS/c17-8-10-5-9-6-15-12(7-13(9)16-10)11-3-1-2-4-14(11)18-15/h1-8,16H. The number of benzene rings is 2. The summed E-state index contributed by atoms with van der Waals surface area (Å²) in [5.41, 5.74) is 1.65. The monoisotopic (exact) mass is 251 g/mol. The van der Waals surface area contributed by atoms with Gasteiger partial charge in [0.15, 0.2) is 6.29 Å². The molecule has 0 amide bonds. The van der Waals surface area contributed by atoms with E-state index >= 15 is 0 Å². The highest BCUT2D eigenvalue weighted by Crippen LogP contribution is 2.36. The minimum Gasteiger partial charge on any atom is -0.352 e. The summed E-state index contributed by atoms with van der Waals surface area (Å²) in [5.74, 6) is 0. The second-order valence-corrected chi connectivity index (χ2v) is 5.46. The molecule has 0 aliphatic heterocycles. The second kappa shape index (κ2) is 3.43. The van der Waals surface area contributed by atoms with Gasteiger partial charge in [-0.3, -0.25) is 4.79 Å². The van der Waals surface area contributed by atoms with Crippen LogP contribution in [0.1, 0.15) is 10.5 Å². The maximum absolute atomic E-state index is 10.8. The third-order valence-corrected chi connectivity index (χ3v) is 4.40. The molecular weight excluding hydrogens is 242 g/mol. The highest BCUT2D eigenvalue weighted by molar-refractivity contribution is 7.25. The Balaban J connectivity index is 2.20. The number of nitrogens with one attached hydrogen (secondary N) is 1. The second-order valence-electron chi connectivity index (χ2n) is 4.38. The first-order valence-electron chi connectivity index (χ1n) is 5.74. The molecule has 2 nitrogen and oxygen atoms in total. The van der Waals surface area contributed by atoms with Crippen LogP contribution in [0.2, 0.25) is 0 Å². The highest BCUT2D eigenvalue weighted by atomic mass is 32.1. The summed E-state index contributed by atoms with van der Waals surface area (Å²) in [5, 5.41) is 3.63. The van der Waals surface area contributed by atoms with Gasteiger partial charge in [-0.05, 0) is 24.3 Å². The van der Waals surface area contributed by atoms with Gasteiger partial charge in [-0.15, -0.1) is 11.3 Å². The van der Waals surface area contributed by atoms with Crippen LogP contribution in [0.5, 0.6) is 0 Å². The Morgan fingerprint density at radius 2 is 1.89 bits per heavy atom. The maximum Gasteiger partial charge on any atom is 0.166 e. The molecule has 86 valence electrons. The number of aromatic amines is 1. The Labute approximate surface area is 107 Å². The van der Waals surface area contributed by atoms with Crippen LogP contribution in [0.15, 0.2) is 42.5 Å². The number of carbonyl (C=O) groups excluding carboxylic acids is 1. The molecule has 0 aliphatic rings. The molecule has 1 N–H and O–H groups in total. The predicted octanol–water partition coefficient (Wildman–Crippen LogP) is 4.35. The average Bonchev–Trinajstić information content (AvgIpc) is 2.95. The zero-order chi connectivity index (χ0) is 12.1. The minimum atomic E-state index is 0.631. The molecule has 2 aromatic carbocycles. The summed E-state index contributed by atoms with van der Waals surface area (Å²) in [7, 11) is 0. The van der Waals surface area contributed by atoms with E-state index in [2.05, 4.69) is 41.4 Å². The number of H-pyrrole nitrogens is 1. The fourth-order valence-electron chi connectivity index (χ4n) is 2.44. The summed E-state index contributed by atoms with van der Waals surface area (Å²) in [6.07, 6.45) is 0.853. The lowest BCUT2D eigenvalue weighted by Crippen LogP contribution is -1.74. The van der Waals surface area contributed by atoms with Crippen molar-refractivity contribution in [3.05, 3.63) is 48.2 Å². The summed E-state index contributed by atoms with van der Waals surface area (Å²) in [6.45, 7) is 0. The zero-order valence-electron chi connectivity index (χ0n) is 9.44. The van der Waals surface area contributed by atoms with Crippen LogP contribution < -0.4 is 0 Å². The summed E-state index contributed by atoms with van der Waals surface area (Å²) in [4.78, 5) is 13.9. The van der Waals surface area contributed by atoms with Gasteiger partial charge in [0.2, 0.25) is 0 Å². The Morgan fingerprint density at radius 1 is 1.00 bits per heavy atom. The smallest absolute Gasteiger partial charge is 0.166 e. The fraction of sp³-hybridized carbons (Fsp3) is 0. The van der Waals surface area contributed by atoms with Gasteiger partial charge >= 0.3 is 0 Å². The fourth-order valence-corrected chi connectivity index (χ4v) is 3.57. The van der Waals surface area contributed by atoms with E-state index in [1.807, 2.05) is 6.07 Å². The van der Waals surface area contributed by atoms with Gasteiger partial charge in [0.25, 0.3) is 0 Å². The molecule has 0 aliphatic carbocycles. The summed E-state index contributed by atoms with van der Waals surface area (Å²) >= 11 is 1.79. The number of carbonyl (C=O) groups is 1. The Hall–Kier alpha value is -2.13. The van der Waals surface area contributed by atoms with Crippen molar-refractivity contribution in [3.8, 4) is 0 Å². The quantitative estimate of drug-likeness (QED) is 0.501. The van der Waals surface area contributed by atoms with Crippen LogP contribution in [-0.2, 0) is 0 Å². The van der Waals surface area contributed by atoms with Gasteiger partial charge in [0.1, 0.15) is 0 Å². The van der Waals surface area contributed by atoms with E-state index in [9.17, 15) is 4.79 Å². The van der Waals surface area contributed by atoms with E-state index < -0.39 is 0 Å². The van der Waals surface area contributed by atoms with Crippen LogP contribution in [0, 0.1) is 0 Å². The number of hydrogen-bond donors (Lipinski definition) is 1. The van der Waals surface area contributed by atoms with Crippen molar-refractivity contribution in [1.82, 2.24) is 4.98 Å². The minimum absolute atomic E-state index is 0.631. The molecule has 4 rings (SSSR count). The molecule has 0 bridgehead atoms. The van der Waals surface area contributed by atoms with Crippen molar-refractivity contribution in [1.29, 1.82) is 0 Å². The van der Waals surface area contributed by atoms with Gasteiger partial charge in [0.05, 0.1) is 5.69 Å². The molecule has 18 heavy (non-hydrogen) atoms. The average molecular weight is 251 g/mol. The van der Waals surface area contributed by atoms with E-state index in [-0.39, 0.29) is 0 Å². The van der Waals surface area contributed by atoms with Crippen LogP contribution >= 0.6 is 11.3 Å². The lowest BCUT2D eigenvalue weighted by molar-refractivity contribution is 0.112. The molecule has 0 radical (unpaired) electrons. The molecule has 4 aromatic rings. The van der Waals surface area contributed by atoms with Gasteiger partial charge in [-0.25, -0.2) is 0 Å². The van der Waals surface area contributed by atoms with Crippen LogP contribution in [-0.4, -0.2) is 11.3 Å². The molecule has 2 aromatic heterocycles. The normalized spacial score (nSPS) is 11.6. The SMILES string of the molecule is O=Cc1cc2cc3sc4ccccc4c3cc2[nH]1. The van der Waals surface area contributed by atoms with Crippen molar-refractivity contribution in [2.45, 2.75) is 0 Å². The van der Waals surface area contributed by atoms with Crippen LogP contribution in [0.4, 0.5) is 0 Å². The Kier molecular flexibility index (Phi) is 1.88. The first-order valence-corrected chi connectivity index (χ1v) is 6.56. The molecule has 0 spiro atoms. The van der Waals surface area contributed by atoms with Crippen molar-refractivity contribution < 1.29 is 4.79 Å². The molecule has 0 saturated heterocycles. The number of aromatic nitrogens is 1.